The van der Waals surface area contributed by atoms with Crippen molar-refractivity contribution in [1.82, 2.24) is 4.98 Å². The summed E-state index contributed by atoms with van der Waals surface area (Å²) in [7, 11) is -2.40. The fourth-order valence-electron chi connectivity index (χ4n) is 3.43. The molecule has 1 aliphatic carbocycles. The van der Waals surface area contributed by atoms with Crippen LogP contribution in [0.5, 0.6) is 0 Å². The third kappa shape index (κ3) is 6.04. The quantitative estimate of drug-likeness (QED) is 0.428. The van der Waals surface area contributed by atoms with Crippen LogP contribution in [0.15, 0.2) is 30.3 Å². The van der Waals surface area contributed by atoms with Crippen molar-refractivity contribution in [3.05, 3.63) is 53.1 Å². The first-order chi connectivity index (χ1) is 15.1. The van der Waals surface area contributed by atoms with Crippen molar-refractivity contribution in [3.63, 3.8) is 0 Å². The molecule has 0 amide bonds. The largest absolute Gasteiger partial charge is 0.481 e. The van der Waals surface area contributed by atoms with Crippen LogP contribution < -0.4 is 0 Å². The van der Waals surface area contributed by atoms with Crippen LogP contribution in [0.4, 0.5) is 4.39 Å². The molecule has 1 heterocycles. The highest BCUT2D eigenvalue weighted by Crippen LogP contribution is 2.46. The summed E-state index contributed by atoms with van der Waals surface area (Å²) in [6.45, 7) is 3.98. The highest BCUT2D eigenvalue weighted by atomic mass is 31.2. The van der Waals surface area contributed by atoms with Crippen LogP contribution in [-0.2, 0) is 13.9 Å². The number of nitrogens with zero attached hydrogens (tertiary/aromatic N) is 1. The number of carbonyl (C=O) groups is 1. The van der Waals surface area contributed by atoms with Gasteiger partial charge in [0.1, 0.15) is 5.82 Å². The number of benzene rings is 1. The molecule has 1 saturated carbocycles. The van der Waals surface area contributed by atoms with Crippen LogP contribution in [-0.4, -0.2) is 40.5 Å². The summed E-state index contributed by atoms with van der Waals surface area (Å²) in [5.74, 6) is 1.83. The summed E-state index contributed by atoms with van der Waals surface area (Å²) in [6, 6.07) is 8.05. The summed E-state index contributed by atoms with van der Waals surface area (Å²) in [5, 5.41) is 18.8. The van der Waals surface area contributed by atoms with Crippen LogP contribution >= 0.6 is 7.37 Å². The lowest BCUT2D eigenvalue weighted by molar-refractivity contribution is -0.138. The molecule has 0 bridgehead atoms. The molecule has 0 saturated heterocycles. The molecule has 2 atom stereocenters. The standard InChI is InChI=1S/C24H27FNO5P/c1-15(2)24-20(10-11-32(30,31-3)14-19(27)12-23(28)29)21(13-22(26-24)17-4-5-17)16-6-8-18(25)9-7-16/h6-9,13,15,17,19,27H,4-5,12,14H2,1-3H3,(H,28,29)/t19-,32?/m0/s1. The van der Waals surface area contributed by atoms with Gasteiger partial charge in [0, 0.05) is 24.3 Å². The minimum atomic E-state index is -3.63. The molecule has 1 aromatic heterocycles. The third-order valence-electron chi connectivity index (χ3n) is 5.27. The van der Waals surface area contributed by atoms with E-state index < -0.39 is 25.9 Å². The molecule has 1 fully saturated rings. The van der Waals surface area contributed by atoms with Crippen molar-refractivity contribution in [2.24, 2.45) is 0 Å². The average Bonchev–Trinajstić information content (AvgIpc) is 3.57. The second-order valence-electron chi connectivity index (χ2n) is 8.32. The summed E-state index contributed by atoms with van der Waals surface area (Å²) in [5.41, 5.74) is 6.48. The van der Waals surface area contributed by atoms with Gasteiger partial charge in [-0.3, -0.25) is 14.3 Å². The first-order valence-corrected chi connectivity index (χ1v) is 12.3. The topological polar surface area (TPSA) is 96.7 Å². The van der Waals surface area contributed by atoms with E-state index in [1.807, 2.05) is 19.9 Å². The van der Waals surface area contributed by atoms with E-state index in [1.54, 1.807) is 12.1 Å². The molecule has 8 heteroatoms. The van der Waals surface area contributed by atoms with Crippen molar-refractivity contribution in [1.29, 1.82) is 0 Å². The minimum Gasteiger partial charge on any atom is -0.481 e. The molecule has 6 nitrogen and oxygen atoms in total. The molecule has 32 heavy (non-hydrogen) atoms. The number of hydrogen-bond donors (Lipinski definition) is 2. The van der Waals surface area contributed by atoms with Gasteiger partial charge in [0.15, 0.2) is 0 Å². The van der Waals surface area contributed by atoms with E-state index in [-0.39, 0.29) is 17.9 Å². The maximum absolute atomic E-state index is 13.5. The molecular weight excluding hydrogens is 432 g/mol. The Bertz CT molecular complexity index is 1100. The predicted molar refractivity (Wildman–Crippen MR) is 120 cm³/mol. The molecule has 3 rings (SSSR count). The lowest BCUT2D eigenvalue weighted by Gasteiger charge is -2.16. The van der Waals surface area contributed by atoms with E-state index >= 15 is 0 Å². The molecule has 1 unspecified atom stereocenters. The number of carboxylic acid groups (broad SMARTS) is 1. The van der Waals surface area contributed by atoms with Gasteiger partial charge in [-0.15, -0.1) is 0 Å². The Morgan fingerprint density at radius 3 is 2.50 bits per heavy atom. The van der Waals surface area contributed by atoms with E-state index in [4.69, 9.17) is 14.6 Å². The normalized spacial score (nSPS) is 16.2. The number of aromatic nitrogens is 1. The van der Waals surface area contributed by atoms with Crippen molar-refractivity contribution in [2.45, 2.75) is 51.0 Å². The van der Waals surface area contributed by atoms with E-state index in [0.29, 0.717) is 11.5 Å². The van der Waals surface area contributed by atoms with E-state index in [2.05, 4.69) is 11.6 Å². The van der Waals surface area contributed by atoms with Gasteiger partial charge in [-0.1, -0.05) is 31.9 Å². The number of aliphatic hydroxyl groups is 1. The molecule has 2 N–H and O–H groups in total. The number of hydrogen-bond acceptors (Lipinski definition) is 5. The summed E-state index contributed by atoms with van der Waals surface area (Å²) < 4.78 is 31.7. The average molecular weight is 459 g/mol. The lowest BCUT2D eigenvalue weighted by Crippen LogP contribution is -2.17. The molecule has 0 spiro atoms. The molecule has 0 aliphatic heterocycles. The lowest BCUT2D eigenvalue weighted by atomic mass is 9.93. The van der Waals surface area contributed by atoms with E-state index in [1.165, 1.54) is 19.2 Å². The second-order valence-corrected chi connectivity index (χ2v) is 10.6. The SMILES string of the molecule is COP(=O)(C#Cc1c(-c2ccc(F)cc2)cc(C2CC2)nc1C(C)C)C[C@@H](O)CC(=O)O. The first kappa shape index (κ1) is 24.1. The number of carboxylic acids is 1. The van der Waals surface area contributed by atoms with Gasteiger partial charge in [0.2, 0.25) is 0 Å². The molecule has 1 aliphatic rings. The molecule has 170 valence electrons. The molecule has 0 radical (unpaired) electrons. The number of halogens is 1. The predicted octanol–water partition coefficient (Wildman–Crippen LogP) is 4.96. The fourth-order valence-corrected chi connectivity index (χ4v) is 4.73. The zero-order chi connectivity index (χ0) is 23.5. The Morgan fingerprint density at radius 1 is 1.31 bits per heavy atom. The zero-order valence-corrected chi connectivity index (χ0v) is 19.2. The number of aliphatic carboxylic acids is 1. The van der Waals surface area contributed by atoms with Gasteiger partial charge in [0.25, 0.3) is 7.37 Å². The van der Waals surface area contributed by atoms with Gasteiger partial charge in [-0.05, 0) is 48.2 Å². The molecular formula is C24H27FNO5P. The van der Waals surface area contributed by atoms with Crippen molar-refractivity contribution >= 4 is 13.3 Å². The van der Waals surface area contributed by atoms with E-state index in [9.17, 15) is 18.9 Å². The van der Waals surface area contributed by atoms with Crippen molar-refractivity contribution < 1.29 is 28.5 Å². The van der Waals surface area contributed by atoms with Gasteiger partial charge in [0.05, 0.1) is 29.9 Å². The Kier molecular flexibility index (Phi) is 7.51. The van der Waals surface area contributed by atoms with Crippen molar-refractivity contribution in [3.8, 4) is 22.7 Å². The van der Waals surface area contributed by atoms with Gasteiger partial charge in [-0.25, -0.2) is 4.39 Å². The van der Waals surface area contributed by atoms with Crippen molar-refractivity contribution in [2.75, 3.05) is 13.3 Å². The first-order valence-electron chi connectivity index (χ1n) is 10.5. The Hall–Kier alpha value is -2.52. The molecule has 2 aromatic rings. The fraction of sp³-hybridized carbons (Fsp3) is 0.417. The zero-order valence-electron chi connectivity index (χ0n) is 18.3. The molecule has 1 aromatic carbocycles. The summed E-state index contributed by atoms with van der Waals surface area (Å²) >= 11 is 0. The van der Waals surface area contributed by atoms with Gasteiger partial charge in [-0.2, -0.15) is 0 Å². The third-order valence-corrected chi connectivity index (χ3v) is 7.22. The van der Waals surface area contributed by atoms with Crippen LogP contribution in [0.2, 0.25) is 0 Å². The summed E-state index contributed by atoms with van der Waals surface area (Å²) in [6.07, 6.45) is -0.147. The number of rotatable bonds is 8. The highest BCUT2D eigenvalue weighted by Gasteiger charge is 2.29. The second kappa shape index (κ2) is 9.95. The maximum Gasteiger partial charge on any atom is 0.305 e. The monoisotopic (exact) mass is 459 g/mol. The smallest absolute Gasteiger partial charge is 0.305 e. The van der Waals surface area contributed by atoms with Crippen LogP contribution in [0.25, 0.3) is 11.1 Å². The van der Waals surface area contributed by atoms with Gasteiger partial charge >= 0.3 is 5.97 Å². The minimum absolute atomic E-state index is 0.0247. The maximum atomic E-state index is 13.5. The van der Waals surface area contributed by atoms with Crippen LogP contribution in [0.1, 0.15) is 61.9 Å². The van der Waals surface area contributed by atoms with Gasteiger partial charge < -0.3 is 14.7 Å². The highest BCUT2D eigenvalue weighted by molar-refractivity contribution is 7.64. The summed E-state index contributed by atoms with van der Waals surface area (Å²) in [4.78, 5) is 15.7. The number of pyridine rings is 1. The van der Waals surface area contributed by atoms with Crippen LogP contribution in [0.3, 0.4) is 0 Å². The van der Waals surface area contributed by atoms with Crippen LogP contribution in [0, 0.1) is 17.4 Å². The Balaban J connectivity index is 2.11. The Labute approximate surface area is 187 Å². The Morgan fingerprint density at radius 2 is 1.97 bits per heavy atom. The number of aliphatic hydroxyl groups excluding tert-OH is 1. The van der Waals surface area contributed by atoms with E-state index in [0.717, 1.165) is 35.4 Å².